The zero-order chi connectivity index (χ0) is 11.7. The Bertz CT molecular complexity index is 250. The SMILES string of the molecule is NC1CCC(CN2CCC(N3CCCC3)C2)C1. The van der Waals surface area contributed by atoms with Crippen molar-refractivity contribution in [3.8, 4) is 0 Å². The van der Waals surface area contributed by atoms with Crippen molar-refractivity contribution in [2.45, 2.75) is 50.6 Å². The standard InChI is InChI=1S/C14H27N3/c15-13-4-3-12(9-13)10-16-8-5-14(11-16)17-6-1-2-7-17/h12-14H,1-11,15H2. The molecule has 0 aromatic rings. The van der Waals surface area contributed by atoms with Crippen molar-refractivity contribution in [1.82, 2.24) is 9.80 Å². The fraction of sp³-hybridized carbons (Fsp3) is 1.00. The molecule has 3 unspecified atom stereocenters. The van der Waals surface area contributed by atoms with E-state index in [9.17, 15) is 0 Å². The molecule has 3 rings (SSSR count). The van der Waals surface area contributed by atoms with Crippen molar-refractivity contribution < 1.29 is 0 Å². The van der Waals surface area contributed by atoms with E-state index in [2.05, 4.69) is 9.80 Å². The monoisotopic (exact) mass is 237 g/mol. The van der Waals surface area contributed by atoms with Gasteiger partial charge in [-0.1, -0.05) is 0 Å². The summed E-state index contributed by atoms with van der Waals surface area (Å²) in [6, 6.07) is 1.37. The molecule has 3 heteroatoms. The van der Waals surface area contributed by atoms with Crippen molar-refractivity contribution in [2.75, 3.05) is 32.7 Å². The molecule has 3 atom stereocenters. The number of rotatable bonds is 3. The maximum atomic E-state index is 6.00. The molecule has 98 valence electrons. The Hall–Kier alpha value is -0.120. The summed E-state index contributed by atoms with van der Waals surface area (Å²) in [5.74, 6) is 0.891. The Labute approximate surface area is 105 Å². The Morgan fingerprint density at radius 2 is 1.82 bits per heavy atom. The van der Waals surface area contributed by atoms with Gasteiger partial charge in [0.1, 0.15) is 0 Å². The third kappa shape index (κ3) is 2.83. The average Bonchev–Trinajstić information content (AvgIpc) is 3.00. The topological polar surface area (TPSA) is 32.5 Å². The van der Waals surface area contributed by atoms with Crippen LogP contribution >= 0.6 is 0 Å². The predicted molar refractivity (Wildman–Crippen MR) is 71.0 cm³/mol. The minimum atomic E-state index is 0.497. The lowest BCUT2D eigenvalue weighted by Gasteiger charge is -2.25. The first-order valence-electron chi connectivity index (χ1n) is 7.53. The van der Waals surface area contributed by atoms with Gasteiger partial charge in [0.05, 0.1) is 0 Å². The van der Waals surface area contributed by atoms with Crippen molar-refractivity contribution >= 4 is 0 Å². The zero-order valence-electron chi connectivity index (χ0n) is 11.0. The second-order valence-corrected chi connectivity index (χ2v) is 6.38. The molecule has 2 heterocycles. The highest BCUT2D eigenvalue weighted by atomic mass is 15.3. The van der Waals surface area contributed by atoms with Gasteiger partial charge < -0.3 is 10.6 Å². The third-order valence-corrected chi connectivity index (χ3v) is 5.00. The molecular formula is C14H27N3. The van der Waals surface area contributed by atoms with Gasteiger partial charge in [-0.25, -0.2) is 0 Å². The van der Waals surface area contributed by atoms with Gasteiger partial charge in [0.15, 0.2) is 0 Å². The van der Waals surface area contributed by atoms with Crippen molar-refractivity contribution in [2.24, 2.45) is 11.7 Å². The van der Waals surface area contributed by atoms with E-state index in [-0.39, 0.29) is 0 Å². The molecule has 1 saturated carbocycles. The Balaban J connectivity index is 1.44. The quantitative estimate of drug-likeness (QED) is 0.803. The Morgan fingerprint density at radius 3 is 2.53 bits per heavy atom. The predicted octanol–water partition coefficient (Wildman–Crippen LogP) is 1.28. The second-order valence-electron chi connectivity index (χ2n) is 6.38. The molecule has 0 spiro atoms. The fourth-order valence-corrected chi connectivity index (χ4v) is 4.03. The molecule has 1 aliphatic carbocycles. The molecule has 3 fully saturated rings. The summed E-state index contributed by atoms with van der Waals surface area (Å²) in [4.78, 5) is 5.42. The molecule has 3 aliphatic rings. The Kier molecular flexibility index (Phi) is 3.69. The maximum absolute atomic E-state index is 6.00. The second kappa shape index (κ2) is 5.25. The highest BCUT2D eigenvalue weighted by molar-refractivity contribution is 4.88. The van der Waals surface area contributed by atoms with Gasteiger partial charge in [-0.05, 0) is 64.1 Å². The van der Waals surface area contributed by atoms with E-state index in [1.54, 1.807) is 0 Å². The minimum absolute atomic E-state index is 0.497. The summed E-state index contributed by atoms with van der Waals surface area (Å²) in [6.45, 7) is 6.68. The lowest BCUT2D eigenvalue weighted by molar-refractivity contribution is 0.218. The van der Waals surface area contributed by atoms with Gasteiger partial charge in [0.2, 0.25) is 0 Å². The maximum Gasteiger partial charge on any atom is 0.0235 e. The summed E-state index contributed by atoms with van der Waals surface area (Å²) in [6.07, 6.45) is 8.14. The van der Waals surface area contributed by atoms with E-state index in [0.29, 0.717) is 6.04 Å². The van der Waals surface area contributed by atoms with Gasteiger partial charge in [0.25, 0.3) is 0 Å². The molecule has 0 amide bonds. The summed E-state index contributed by atoms with van der Waals surface area (Å²) in [5, 5.41) is 0. The van der Waals surface area contributed by atoms with Crippen LogP contribution in [0.1, 0.15) is 38.5 Å². The van der Waals surface area contributed by atoms with Gasteiger partial charge >= 0.3 is 0 Å². The molecule has 0 radical (unpaired) electrons. The molecule has 0 aromatic heterocycles. The molecule has 17 heavy (non-hydrogen) atoms. The van der Waals surface area contributed by atoms with Gasteiger partial charge in [-0.3, -0.25) is 4.90 Å². The van der Waals surface area contributed by atoms with E-state index in [4.69, 9.17) is 5.73 Å². The summed E-state index contributed by atoms with van der Waals surface area (Å²) < 4.78 is 0. The van der Waals surface area contributed by atoms with E-state index in [1.165, 1.54) is 71.2 Å². The van der Waals surface area contributed by atoms with Gasteiger partial charge in [-0.2, -0.15) is 0 Å². The fourth-order valence-electron chi connectivity index (χ4n) is 4.03. The van der Waals surface area contributed by atoms with Gasteiger partial charge in [-0.15, -0.1) is 0 Å². The molecular weight excluding hydrogens is 210 g/mol. The third-order valence-electron chi connectivity index (χ3n) is 5.00. The summed E-state index contributed by atoms with van der Waals surface area (Å²) in [5.41, 5.74) is 6.00. The van der Waals surface area contributed by atoms with Crippen LogP contribution in [0.25, 0.3) is 0 Å². The van der Waals surface area contributed by atoms with Crippen LogP contribution in [0.15, 0.2) is 0 Å². The van der Waals surface area contributed by atoms with Crippen molar-refractivity contribution in [3.63, 3.8) is 0 Å². The van der Waals surface area contributed by atoms with Crippen LogP contribution < -0.4 is 5.73 Å². The smallest absolute Gasteiger partial charge is 0.0235 e. The highest BCUT2D eigenvalue weighted by Crippen LogP contribution is 2.27. The minimum Gasteiger partial charge on any atom is -0.328 e. The molecule has 3 nitrogen and oxygen atoms in total. The first kappa shape index (κ1) is 11.9. The number of hydrogen-bond acceptors (Lipinski definition) is 3. The summed E-state index contributed by atoms with van der Waals surface area (Å²) >= 11 is 0. The zero-order valence-corrected chi connectivity index (χ0v) is 11.0. The van der Waals surface area contributed by atoms with E-state index in [1.807, 2.05) is 0 Å². The number of hydrogen-bond donors (Lipinski definition) is 1. The van der Waals surface area contributed by atoms with Crippen LogP contribution in [0.5, 0.6) is 0 Å². The number of nitrogens with two attached hydrogens (primary N) is 1. The number of likely N-dealkylation sites (tertiary alicyclic amines) is 2. The van der Waals surface area contributed by atoms with Crippen LogP contribution in [-0.4, -0.2) is 54.6 Å². The highest BCUT2D eigenvalue weighted by Gasteiger charge is 2.31. The normalized spacial score (nSPS) is 40.4. The molecule has 0 aromatic carbocycles. The van der Waals surface area contributed by atoms with Crippen LogP contribution in [0, 0.1) is 5.92 Å². The molecule has 2 saturated heterocycles. The lowest BCUT2D eigenvalue weighted by Crippen LogP contribution is -2.36. The van der Waals surface area contributed by atoms with E-state index >= 15 is 0 Å². The first-order chi connectivity index (χ1) is 8.31. The molecule has 2 aliphatic heterocycles. The van der Waals surface area contributed by atoms with Crippen LogP contribution in [-0.2, 0) is 0 Å². The van der Waals surface area contributed by atoms with Crippen LogP contribution in [0.2, 0.25) is 0 Å². The van der Waals surface area contributed by atoms with E-state index < -0.39 is 0 Å². The Morgan fingerprint density at radius 1 is 1.00 bits per heavy atom. The van der Waals surface area contributed by atoms with Crippen molar-refractivity contribution in [1.29, 1.82) is 0 Å². The molecule has 2 N–H and O–H groups in total. The first-order valence-corrected chi connectivity index (χ1v) is 7.53. The van der Waals surface area contributed by atoms with Crippen LogP contribution in [0.3, 0.4) is 0 Å². The average molecular weight is 237 g/mol. The van der Waals surface area contributed by atoms with E-state index in [0.717, 1.165) is 12.0 Å². The van der Waals surface area contributed by atoms with Crippen LogP contribution in [0.4, 0.5) is 0 Å². The summed E-state index contributed by atoms with van der Waals surface area (Å²) in [7, 11) is 0. The van der Waals surface area contributed by atoms with Gasteiger partial charge in [0, 0.05) is 25.2 Å². The lowest BCUT2D eigenvalue weighted by atomic mass is 10.1. The molecule has 0 bridgehead atoms. The number of nitrogens with zero attached hydrogens (tertiary/aromatic N) is 2. The largest absolute Gasteiger partial charge is 0.328 e. The van der Waals surface area contributed by atoms with Crippen molar-refractivity contribution in [3.05, 3.63) is 0 Å².